The number of amides is 3. The van der Waals surface area contributed by atoms with Gasteiger partial charge in [0.1, 0.15) is 0 Å². The second-order valence-electron chi connectivity index (χ2n) is 8.28. The molecule has 8 nitrogen and oxygen atoms in total. The summed E-state index contributed by atoms with van der Waals surface area (Å²) in [4.78, 5) is 40.7. The van der Waals surface area contributed by atoms with E-state index in [2.05, 4.69) is 21.1 Å². The Kier molecular flexibility index (Phi) is 6.46. The van der Waals surface area contributed by atoms with E-state index in [1.807, 2.05) is 12.1 Å². The summed E-state index contributed by atoms with van der Waals surface area (Å²) in [5.74, 6) is -1.65. The number of para-hydroxylation sites is 2. The van der Waals surface area contributed by atoms with E-state index < -0.39 is 23.4 Å². The van der Waals surface area contributed by atoms with Crippen LogP contribution in [-0.4, -0.2) is 29.2 Å². The van der Waals surface area contributed by atoms with Crippen molar-refractivity contribution in [3.8, 4) is 0 Å². The van der Waals surface area contributed by atoms with Crippen molar-refractivity contribution in [3.63, 3.8) is 0 Å². The Morgan fingerprint density at radius 1 is 0.649 bits per heavy atom. The quantitative estimate of drug-likeness (QED) is 0.356. The van der Waals surface area contributed by atoms with Crippen LogP contribution in [0.15, 0.2) is 126 Å². The smallest absolute Gasteiger partial charge is 0.302 e. The van der Waals surface area contributed by atoms with Crippen molar-refractivity contribution in [2.24, 2.45) is 5.10 Å². The number of benzene rings is 4. The Hall–Kier alpha value is -5.24. The number of hydrogen-bond donors (Lipinski definition) is 3. The molecule has 0 aliphatic carbocycles. The normalized spacial score (nSPS) is 16.6. The molecule has 1 atom stereocenters. The monoisotopic (exact) mass is 489 g/mol. The lowest BCUT2D eigenvalue weighted by Crippen LogP contribution is -2.68. The van der Waals surface area contributed by atoms with Crippen molar-refractivity contribution < 1.29 is 14.4 Å². The summed E-state index contributed by atoms with van der Waals surface area (Å²) in [6.45, 7) is 0. The summed E-state index contributed by atoms with van der Waals surface area (Å²) < 4.78 is 0. The van der Waals surface area contributed by atoms with Crippen molar-refractivity contribution in [1.29, 1.82) is 0 Å². The molecule has 182 valence electrons. The molecule has 1 unspecified atom stereocenters. The van der Waals surface area contributed by atoms with Gasteiger partial charge in [-0.15, -0.1) is 5.10 Å². The fourth-order valence-corrected chi connectivity index (χ4v) is 3.94. The highest BCUT2D eigenvalue weighted by Crippen LogP contribution is 2.28. The largest absolute Gasteiger partial charge is 0.348 e. The van der Waals surface area contributed by atoms with Gasteiger partial charge in [0.25, 0.3) is 17.5 Å². The average molecular weight is 490 g/mol. The van der Waals surface area contributed by atoms with Gasteiger partial charge in [-0.1, -0.05) is 72.8 Å². The van der Waals surface area contributed by atoms with Crippen molar-refractivity contribution in [1.82, 2.24) is 10.6 Å². The molecule has 5 rings (SSSR count). The van der Waals surface area contributed by atoms with Gasteiger partial charge in [0.05, 0.1) is 5.69 Å². The van der Waals surface area contributed by atoms with E-state index in [-0.39, 0.29) is 5.84 Å². The molecule has 0 aromatic heterocycles. The van der Waals surface area contributed by atoms with Crippen LogP contribution < -0.4 is 21.0 Å². The number of nitrogens with one attached hydrogen (secondary N) is 3. The molecule has 1 aliphatic rings. The molecule has 1 heterocycles. The minimum Gasteiger partial charge on any atom is -0.348 e. The lowest BCUT2D eigenvalue weighted by Gasteiger charge is -2.32. The standard InChI is InChI=1S/C29H23N5O3/c35-25(21-13-5-1-6-14-21)30-27-29(31-23-17-9-3-10-18-23,32-26(36)22-15-7-2-8-16-22)28(37)34(33-27)24-19-11-4-12-20-24/h1-20,31H,(H,32,36)(H,30,33,35). The van der Waals surface area contributed by atoms with Crippen LogP contribution in [0.25, 0.3) is 0 Å². The van der Waals surface area contributed by atoms with Crippen LogP contribution in [0.3, 0.4) is 0 Å². The zero-order chi connectivity index (χ0) is 25.7. The number of carbonyl (C=O) groups is 3. The molecular formula is C29H23N5O3. The molecule has 3 amide bonds. The van der Waals surface area contributed by atoms with E-state index in [9.17, 15) is 14.4 Å². The highest BCUT2D eigenvalue weighted by atomic mass is 16.2. The van der Waals surface area contributed by atoms with Gasteiger partial charge in [0.2, 0.25) is 0 Å². The van der Waals surface area contributed by atoms with Crippen LogP contribution >= 0.6 is 0 Å². The molecule has 1 aliphatic heterocycles. The van der Waals surface area contributed by atoms with Crippen molar-refractivity contribution in [3.05, 3.63) is 132 Å². The van der Waals surface area contributed by atoms with Crippen LogP contribution in [0.5, 0.6) is 0 Å². The van der Waals surface area contributed by atoms with Crippen LogP contribution in [0, 0.1) is 0 Å². The van der Waals surface area contributed by atoms with Gasteiger partial charge in [-0.2, -0.15) is 5.01 Å². The molecule has 37 heavy (non-hydrogen) atoms. The summed E-state index contributed by atoms with van der Waals surface area (Å²) in [5, 5.41) is 14.4. The first-order valence-corrected chi connectivity index (χ1v) is 11.6. The number of carbonyl (C=O) groups excluding carboxylic acids is 3. The van der Waals surface area contributed by atoms with Crippen molar-refractivity contribution in [2.45, 2.75) is 5.66 Å². The highest BCUT2D eigenvalue weighted by Gasteiger charge is 2.54. The zero-order valence-corrected chi connectivity index (χ0v) is 19.7. The predicted octanol–water partition coefficient (Wildman–Crippen LogP) is 4.02. The second kappa shape index (κ2) is 10.2. The molecule has 0 saturated carbocycles. The summed E-state index contributed by atoms with van der Waals surface area (Å²) in [5.41, 5.74) is -0.171. The zero-order valence-electron chi connectivity index (χ0n) is 19.7. The molecule has 0 radical (unpaired) electrons. The molecule has 4 aromatic rings. The predicted molar refractivity (Wildman–Crippen MR) is 142 cm³/mol. The van der Waals surface area contributed by atoms with Gasteiger partial charge < -0.3 is 16.0 Å². The Bertz CT molecular complexity index is 1440. The summed E-state index contributed by atoms with van der Waals surface area (Å²) >= 11 is 0. The number of rotatable bonds is 6. The topological polar surface area (TPSA) is 103 Å². The average Bonchev–Trinajstić information content (AvgIpc) is 3.21. The van der Waals surface area contributed by atoms with E-state index in [1.165, 1.54) is 5.01 Å². The molecule has 0 bridgehead atoms. The van der Waals surface area contributed by atoms with Crippen LogP contribution in [0.4, 0.5) is 11.4 Å². The number of hydrazone groups is 1. The van der Waals surface area contributed by atoms with Gasteiger partial charge in [0, 0.05) is 16.8 Å². The third kappa shape index (κ3) is 4.81. The van der Waals surface area contributed by atoms with Crippen LogP contribution in [0.2, 0.25) is 0 Å². The maximum Gasteiger partial charge on any atom is 0.302 e. The first-order chi connectivity index (χ1) is 18.1. The molecule has 0 fully saturated rings. The molecule has 0 spiro atoms. The molecule has 3 N–H and O–H groups in total. The SMILES string of the molecule is O=C(NC1=NN(c2ccccc2)C(=O)C1(NC(=O)c1ccccc1)Nc1ccccc1)c1ccccc1. The molecule has 0 saturated heterocycles. The second-order valence-corrected chi connectivity index (χ2v) is 8.28. The maximum absolute atomic E-state index is 14.1. The first kappa shape index (κ1) is 23.5. The van der Waals surface area contributed by atoms with E-state index >= 15 is 0 Å². The summed E-state index contributed by atoms with van der Waals surface area (Å²) in [6, 6.07) is 34.8. The minimum atomic E-state index is -1.91. The fraction of sp³-hybridized carbons (Fsp3) is 0.0345. The highest BCUT2D eigenvalue weighted by molar-refractivity contribution is 6.28. The third-order valence-electron chi connectivity index (χ3n) is 5.78. The van der Waals surface area contributed by atoms with Crippen molar-refractivity contribution in [2.75, 3.05) is 10.3 Å². The molecule has 8 heteroatoms. The van der Waals surface area contributed by atoms with Gasteiger partial charge in [-0.05, 0) is 48.5 Å². The molecular weight excluding hydrogens is 466 g/mol. The van der Waals surface area contributed by atoms with Crippen molar-refractivity contribution >= 4 is 34.9 Å². The Balaban J connectivity index is 1.61. The Morgan fingerprint density at radius 3 is 1.70 bits per heavy atom. The van der Waals surface area contributed by atoms with Gasteiger partial charge in [-0.25, -0.2) is 0 Å². The first-order valence-electron chi connectivity index (χ1n) is 11.6. The number of anilines is 2. The van der Waals surface area contributed by atoms with E-state index in [1.54, 1.807) is 109 Å². The summed E-state index contributed by atoms with van der Waals surface area (Å²) in [7, 11) is 0. The van der Waals surface area contributed by atoms with Gasteiger partial charge >= 0.3 is 5.91 Å². The summed E-state index contributed by atoms with van der Waals surface area (Å²) in [6.07, 6.45) is 0. The van der Waals surface area contributed by atoms with Gasteiger partial charge in [-0.3, -0.25) is 14.4 Å². The van der Waals surface area contributed by atoms with Crippen LogP contribution in [-0.2, 0) is 4.79 Å². The number of amidine groups is 1. The lowest BCUT2D eigenvalue weighted by atomic mass is 10.0. The van der Waals surface area contributed by atoms with Gasteiger partial charge in [0.15, 0.2) is 5.84 Å². The Labute approximate surface area is 213 Å². The van der Waals surface area contributed by atoms with E-state index in [4.69, 9.17) is 0 Å². The fourth-order valence-electron chi connectivity index (χ4n) is 3.94. The van der Waals surface area contributed by atoms with E-state index in [0.29, 0.717) is 22.5 Å². The third-order valence-corrected chi connectivity index (χ3v) is 5.78. The number of nitrogens with zero attached hydrogens (tertiary/aromatic N) is 2. The van der Waals surface area contributed by atoms with Crippen LogP contribution in [0.1, 0.15) is 20.7 Å². The minimum absolute atomic E-state index is 0.0664. The lowest BCUT2D eigenvalue weighted by molar-refractivity contribution is -0.120. The number of hydrogen-bond acceptors (Lipinski definition) is 5. The maximum atomic E-state index is 14.1. The molecule has 4 aromatic carbocycles. The Morgan fingerprint density at radius 2 is 1.14 bits per heavy atom. The van der Waals surface area contributed by atoms with E-state index in [0.717, 1.165) is 0 Å².